The zero-order valence-electron chi connectivity index (χ0n) is 11.2. The molecule has 0 radical (unpaired) electrons. The third kappa shape index (κ3) is 2.56. The zero-order valence-corrected chi connectivity index (χ0v) is 11.2. The molecule has 20 heavy (non-hydrogen) atoms. The quantitative estimate of drug-likeness (QED) is 0.771. The number of furan rings is 1. The molecule has 102 valence electrons. The minimum absolute atomic E-state index is 0.604. The molecule has 0 amide bonds. The van der Waals surface area contributed by atoms with E-state index in [9.17, 15) is 0 Å². The third-order valence-electron chi connectivity index (χ3n) is 3.13. The van der Waals surface area contributed by atoms with E-state index in [2.05, 4.69) is 27.4 Å². The number of nitrogens with one attached hydrogen (secondary N) is 1. The third-order valence-corrected chi connectivity index (χ3v) is 3.13. The lowest BCUT2D eigenvalue weighted by molar-refractivity contribution is 0.414. The summed E-state index contributed by atoms with van der Waals surface area (Å²) in [5, 5.41) is 4.21. The molecule has 2 aromatic heterocycles. The van der Waals surface area contributed by atoms with Crippen LogP contribution in [0.25, 0.3) is 11.1 Å². The Kier molecular flexibility index (Phi) is 3.50. The van der Waals surface area contributed by atoms with E-state index in [1.807, 2.05) is 18.2 Å². The van der Waals surface area contributed by atoms with Crippen molar-refractivity contribution in [2.24, 2.45) is 0 Å². The van der Waals surface area contributed by atoms with E-state index in [4.69, 9.17) is 9.15 Å². The highest BCUT2D eigenvalue weighted by Crippen LogP contribution is 2.19. The number of anilines is 1. The first-order valence-corrected chi connectivity index (χ1v) is 6.42. The van der Waals surface area contributed by atoms with E-state index >= 15 is 0 Å². The largest absolute Gasteiger partial charge is 0.497 e. The predicted molar refractivity (Wildman–Crippen MR) is 77.0 cm³/mol. The van der Waals surface area contributed by atoms with Gasteiger partial charge in [-0.2, -0.15) is 0 Å². The topological polar surface area (TPSA) is 60.2 Å². The molecule has 1 aromatic carbocycles. The highest BCUT2D eigenvalue weighted by molar-refractivity contribution is 5.85. The van der Waals surface area contributed by atoms with Gasteiger partial charge in [-0.25, -0.2) is 9.97 Å². The fraction of sp³-hybridized carbons (Fsp3) is 0.200. The SMILES string of the molecule is COc1ccc(CCNc2ncnc3occc23)cc1. The summed E-state index contributed by atoms with van der Waals surface area (Å²) in [5.74, 6) is 1.68. The first-order chi connectivity index (χ1) is 9.86. The number of nitrogens with zero attached hydrogens (tertiary/aromatic N) is 2. The summed E-state index contributed by atoms with van der Waals surface area (Å²) in [5.41, 5.74) is 1.85. The molecule has 2 heterocycles. The van der Waals surface area contributed by atoms with Gasteiger partial charge in [-0.1, -0.05) is 12.1 Å². The summed E-state index contributed by atoms with van der Waals surface area (Å²) >= 11 is 0. The molecule has 3 aromatic rings. The molecule has 0 saturated carbocycles. The number of aromatic nitrogens is 2. The van der Waals surface area contributed by atoms with Crippen LogP contribution in [0.1, 0.15) is 5.56 Å². The summed E-state index contributed by atoms with van der Waals surface area (Å²) in [6.45, 7) is 0.795. The highest BCUT2D eigenvalue weighted by atomic mass is 16.5. The van der Waals surface area contributed by atoms with Crippen molar-refractivity contribution >= 4 is 16.9 Å². The van der Waals surface area contributed by atoms with Gasteiger partial charge in [-0.3, -0.25) is 0 Å². The maximum Gasteiger partial charge on any atom is 0.231 e. The normalized spacial score (nSPS) is 10.7. The molecule has 0 saturated heterocycles. The molecule has 0 aliphatic carbocycles. The summed E-state index contributed by atoms with van der Waals surface area (Å²) in [6, 6.07) is 9.93. The lowest BCUT2D eigenvalue weighted by Crippen LogP contribution is -2.06. The molecule has 5 nitrogen and oxygen atoms in total. The van der Waals surface area contributed by atoms with Gasteiger partial charge >= 0.3 is 0 Å². The highest BCUT2D eigenvalue weighted by Gasteiger charge is 2.05. The van der Waals surface area contributed by atoms with Crippen LogP contribution in [0.2, 0.25) is 0 Å². The molecule has 1 N–H and O–H groups in total. The van der Waals surface area contributed by atoms with Gasteiger partial charge < -0.3 is 14.5 Å². The van der Waals surface area contributed by atoms with Gasteiger partial charge in [0.25, 0.3) is 0 Å². The maximum absolute atomic E-state index is 5.24. The van der Waals surface area contributed by atoms with Crippen LogP contribution < -0.4 is 10.1 Å². The van der Waals surface area contributed by atoms with E-state index < -0.39 is 0 Å². The van der Waals surface area contributed by atoms with Crippen molar-refractivity contribution in [3.63, 3.8) is 0 Å². The molecule has 3 rings (SSSR count). The van der Waals surface area contributed by atoms with Crippen molar-refractivity contribution in [2.75, 3.05) is 19.0 Å². The van der Waals surface area contributed by atoms with Gasteiger partial charge in [0, 0.05) is 6.54 Å². The summed E-state index contributed by atoms with van der Waals surface area (Å²) in [4.78, 5) is 8.29. The van der Waals surface area contributed by atoms with Crippen LogP contribution in [0.15, 0.2) is 47.3 Å². The molecule has 0 spiro atoms. The van der Waals surface area contributed by atoms with E-state index in [-0.39, 0.29) is 0 Å². The van der Waals surface area contributed by atoms with Crippen LogP contribution in [0.5, 0.6) is 5.75 Å². The molecule has 0 aliphatic rings. The Hall–Kier alpha value is -2.56. The Labute approximate surface area is 116 Å². The van der Waals surface area contributed by atoms with E-state index in [1.165, 1.54) is 11.9 Å². The minimum Gasteiger partial charge on any atom is -0.497 e. The average Bonchev–Trinajstić information content (AvgIpc) is 2.97. The van der Waals surface area contributed by atoms with Gasteiger partial charge in [-0.15, -0.1) is 0 Å². The van der Waals surface area contributed by atoms with Crippen LogP contribution in [0.4, 0.5) is 5.82 Å². The Morgan fingerprint density at radius 2 is 2.00 bits per heavy atom. The number of fused-ring (bicyclic) bond motifs is 1. The molecule has 0 aliphatic heterocycles. The van der Waals surface area contributed by atoms with Crippen LogP contribution in [-0.2, 0) is 6.42 Å². The molecule has 0 unspecified atom stereocenters. The lowest BCUT2D eigenvalue weighted by atomic mass is 10.1. The summed E-state index contributed by atoms with van der Waals surface area (Å²) in [7, 11) is 1.67. The maximum atomic E-state index is 5.24. The van der Waals surface area contributed by atoms with Crippen LogP contribution in [0.3, 0.4) is 0 Å². The number of benzene rings is 1. The van der Waals surface area contributed by atoms with Crippen molar-refractivity contribution in [1.82, 2.24) is 9.97 Å². The molecule has 0 bridgehead atoms. The second-order valence-corrected chi connectivity index (χ2v) is 4.39. The average molecular weight is 269 g/mol. The van der Waals surface area contributed by atoms with Crippen LogP contribution >= 0.6 is 0 Å². The number of methoxy groups -OCH3 is 1. The van der Waals surface area contributed by atoms with E-state index in [1.54, 1.807) is 13.4 Å². The van der Waals surface area contributed by atoms with Gasteiger partial charge in [-0.05, 0) is 30.2 Å². The van der Waals surface area contributed by atoms with E-state index in [0.717, 1.165) is 29.9 Å². The summed E-state index contributed by atoms with van der Waals surface area (Å²) in [6.07, 6.45) is 4.03. The molecule has 0 fully saturated rings. The van der Waals surface area contributed by atoms with Crippen molar-refractivity contribution in [1.29, 1.82) is 0 Å². The van der Waals surface area contributed by atoms with Gasteiger partial charge in [0.1, 0.15) is 17.9 Å². The second kappa shape index (κ2) is 5.61. The smallest absolute Gasteiger partial charge is 0.231 e. The number of ether oxygens (including phenoxy) is 1. The number of hydrogen-bond acceptors (Lipinski definition) is 5. The van der Waals surface area contributed by atoms with Crippen molar-refractivity contribution in [3.05, 3.63) is 48.5 Å². The lowest BCUT2D eigenvalue weighted by Gasteiger charge is -2.06. The first-order valence-electron chi connectivity index (χ1n) is 6.42. The second-order valence-electron chi connectivity index (χ2n) is 4.39. The fourth-order valence-corrected chi connectivity index (χ4v) is 2.05. The Bertz CT molecular complexity index is 692. The van der Waals surface area contributed by atoms with Crippen molar-refractivity contribution < 1.29 is 9.15 Å². The fourth-order valence-electron chi connectivity index (χ4n) is 2.05. The Morgan fingerprint density at radius 1 is 1.15 bits per heavy atom. The Balaban J connectivity index is 1.63. The standard InChI is InChI=1S/C15H15N3O2/c1-19-12-4-2-11(3-5-12)6-8-16-14-13-7-9-20-15(13)18-10-17-14/h2-5,7,9-10H,6,8H2,1H3,(H,16,17,18). The Morgan fingerprint density at radius 3 is 2.80 bits per heavy atom. The van der Waals surface area contributed by atoms with Crippen LogP contribution in [0, 0.1) is 0 Å². The van der Waals surface area contributed by atoms with Crippen LogP contribution in [-0.4, -0.2) is 23.6 Å². The number of rotatable bonds is 5. The zero-order chi connectivity index (χ0) is 13.8. The molecular weight excluding hydrogens is 254 g/mol. The summed E-state index contributed by atoms with van der Waals surface area (Å²) < 4.78 is 10.4. The molecule has 5 heteroatoms. The predicted octanol–water partition coefficient (Wildman–Crippen LogP) is 2.89. The van der Waals surface area contributed by atoms with E-state index in [0.29, 0.717) is 5.71 Å². The molecule has 0 atom stereocenters. The number of hydrogen-bond donors (Lipinski definition) is 1. The molecular formula is C15H15N3O2. The van der Waals surface area contributed by atoms with Gasteiger partial charge in [0.15, 0.2) is 0 Å². The van der Waals surface area contributed by atoms with Gasteiger partial charge in [0.2, 0.25) is 5.71 Å². The minimum atomic E-state index is 0.604. The first kappa shape index (κ1) is 12.5. The van der Waals surface area contributed by atoms with Gasteiger partial charge in [0.05, 0.1) is 18.8 Å². The monoisotopic (exact) mass is 269 g/mol. The van der Waals surface area contributed by atoms with Crippen molar-refractivity contribution in [3.8, 4) is 5.75 Å². The van der Waals surface area contributed by atoms with Crippen molar-refractivity contribution in [2.45, 2.75) is 6.42 Å².